The van der Waals surface area contributed by atoms with Crippen molar-refractivity contribution in [3.05, 3.63) is 24.2 Å². The maximum Gasteiger partial charge on any atom is 0.223 e. The molecule has 0 aromatic carbocycles. The molecule has 0 spiro atoms. The molecule has 2 heterocycles. The number of nitrogens with zero attached hydrogens (tertiary/aromatic N) is 3. The van der Waals surface area contributed by atoms with Crippen molar-refractivity contribution in [2.75, 3.05) is 7.11 Å². The Kier molecular flexibility index (Phi) is 6.47. The molecule has 148 valence electrons. The molecule has 0 bridgehead atoms. The Labute approximate surface area is 161 Å². The van der Waals surface area contributed by atoms with E-state index in [0.29, 0.717) is 12.0 Å². The van der Waals surface area contributed by atoms with Gasteiger partial charge < -0.3 is 14.6 Å². The molecule has 1 aliphatic carbocycles. The summed E-state index contributed by atoms with van der Waals surface area (Å²) in [6.45, 7) is 7.24. The number of pyridine rings is 1. The predicted octanol–water partition coefficient (Wildman–Crippen LogP) is 3.86. The molecule has 6 nitrogen and oxygen atoms in total. The molecule has 1 N–H and O–H groups in total. The number of amides is 1. The Morgan fingerprint density at radius 1 is 1.33 bits per heavy atom. The molecule has 1 aliphatic rings. The predicted molar refractivity (Wildman–Crippen MR) is 106 cm³/mol. The summed E-state index contributed by atoms with van der Waals surface area (Å²) in [7, 11) is 1.76. The lowest BCUT2D eigenvalue weighted by Crippen LogP contribution is -2.38. The highest BCUT2D eigenvalue weighted by atomic mass is 16.5. The summed E-state index contributed by atoms with van der Waals surface area (Å²) in [6.07, 6.45) is 6.67. The normalized spacial score (nSPS) is 21.5. The largest absolute Gasteiger partial charge is 0.381 e. The smallest absolute Gasteiger partial charge is 0.223 e. The molecule has 6 heteroatoms. The lowest BCUT2D eigenvalue weighted by molar-refractivity contribution is -0.127. The van der Waals surface area contributed by atoms with E-state index in [1.165, 1.54) is 0 Å². The van der Waals surface area contributed by atoms with E-state index in [0.717, 1.165) is 55.6 Å². The van der Waals surface area contributed by atoms with Gasteiger partial charge in [0.2, 0.25) is 5.91 Å². The first-order chi connectivity index (χ1) is 13.0. The maximum absolute atomic E-state index is 13.0. The molecule has 0 aliphatic heterocycles. The average molecular weight is 373 g/mol. The Balaban J connectivity index is 1.81. The van der Waals surface area contributed by atoms with Gasteiger partial charge >= 0.3 is 0 Å². The molecule has 1 atom stereocenters. The quantitative estimate of drug-likeness (QED) is 0.801. The van der Waals surface area contributed by atoms with E-state index in [2.05, 4.69) is 35.6 Å². The third-order valence-corrected chi connectivity index (χ3v) is 5.56. The molecule has 1 saturated carbocycles. The summed E-state index contributed by atoms with van der Waals surface area (Å²) in [4.78, 5) is 22.3. The number of nitrogens with one attached hydrogen (secondary N) is 1. The van der Waals surface area contributed by atoms with E-state index in [1.807, 2.05) is 12.1 Å². The molecule has 1 amide bonds. The van der Waals surface area contributed by atoms with Crippen molar-refractivity contribution in [1.82, 2.24) is 19.9 Å². The maximum atomic E-state index is 13.0. The van der Waals surface area contributed by atoms with E-state index < -0.39 is 0 Å². The number of ether oxygens (including phenoxy) is 1. The van der Waals surface area contributed by atoms with E-state index in [9.17, 15) is 4.79 Å². The van der Waals surface area contributed by atoms with Gasteiger partial charge in [-0.3, -0.25) is 4.79 Å². The van der Waals surface area contributed by atoms with Gasteiger partial charge in [-0.1, -0.05) is 13.8 Å². The molecule has 1 fully saturated rings. The third kappa shape index (κ3) is 4.49. The summed E-state index contributed by atoms with van der Waals surface area (Å²) in [5, 5.41) is 3.31. The molecule has 0 unspecified atom stereocenters. The highest BCUT2D eigenvalue weighted by molar-refractivity contribution is 5.79. The van der Waals surface area contributed by atoms with E-state index >= 15 is 0 Å². The number of aromatic nitrogens is 3. The second-order valence-electron chi connectivity index (χ2n) is 7.96. The minimum atomic E-state index is -0.0909. The first kappa shape index (κ1) is 19.8. The first-order valence-corrected chi connectivity index (χ1v) is 10.2. The van der Waals surface area contributed by atoms with Gasteiger partial charge in [-0.05, 0) is 57.1 Å². The van der Waals surface area contributed by atoms with Crippen LogP contribution in [0.2, 0.25) is 0 Å². The van der Waals surface area contributed by atoms with Crippen molar-refractivity contribution < 1.29 is 9.53 Å². The van der Waals surface area contributed by atoms with E-state index in [4.69, 9.17) is 9.72 Å². The number of fused-ring (bicyclic) bond motifs is 1. The summed E-state index contributed by atoms with van der Waals surface area (Å²) in [6, 6.07) is 3.80. The van der Waals surface area contributed by atoms with Gasteiger partial charge in [-0.2, -0.15) is 0 Å². The van der Waals surface area contributed by atoms with Gasteiger partial charge in [0.05, 0.1) is 12.1 Å². The lowest BCUT2D eigenvalue weighted by Gasteiger charge is -2.29. The van der Waals surface area contributed by atoms with Crippen LogP contribution in [0, 0.1) is 11.8 Å². The molecule has 2 aromatic heterocycles. The second kappa shape index (κ2) is 8.83. The zero-order chi connectivity index (χ0) is 19.4. The van der Waals surface area contributed by atoms with Gasteiger partial charge in [0.15, 0.2) is 5.65 Å². The van der Waals surface area contributed by atoms with Crippen LogP contribution in [0.3, 0.4) is 0 Å². The van der Waals surface area contributed by atoms with Crippen LogP contribution in [-0.2, 0) is 16.1 Å². The van der Waals surface area contributed by atoms with Crippen molar-refractivity contribution in [3.63, 3.8) is 0 Å². The zero-order valence-corrected chi connectivity index (χ0v) is 16.9. The van der Waals surface area contributed by atoms with Crippen molar-refractivity contribution in [3.8, 4) is 0 Å². The topological polar surface area (TPSA) is 69.0 Å². The monoisotopic (exact) mass is 372 g/mol. The van der Waals surface area contributed by atoms with Crippen LogP contribution in [0.1, 0.15) is 64.7 Å². The number of carbonyl (C=O) groups excluding carboxylic acids is 1. The van der Waals surface area contributed by atoms with Crippen LogP contribution >= 0.6 is 0 Å². The van der Waals surface area contributed by atoms with Crippen LogP contribution in [0.4, 0.5) is 0 Å². The second-order valence-corrected chi connectivity index (χ2v) is 7.96. The van der Waals surface area contributed by atoms with E-state index in [-0.39, 0.29) is 17.9 Å². The molecule has 0 radical (unpaired) electrons. The summed E-state index contributed by atoms with van der Waals surface area (Å²) >= 11 is 0. The molecular weight excluding hydrogens is 340 g/mol. The molecule has 27 heavy (non-hydrogen) atoms. The summed E-state index contributed by atoms with van der Waals surface area (Å²) < 4.78 is 7.56. The number of hydrogen-bond acceptors (Lipinski definition) is 4. The zero-order valence-electron chi connectivity index (χ0n) is 16.9. The van der Waals surface area contributed by atoms with Crippen LogP contribution < -0.4 is 5.32 Å². The van der Waals surface area contributed by atoms with Gasteiger partial charge in [-0.15, -0.1) is 0 Å². The van der Waals surface area contributed by atoms with Crippen molar-refractivity contribution in [1.29, 1.82) is 0 Å². The summed E-state index contributed by atoms with van der Waals surface area (Å²) in [5.74, 6) is 1.60. The van der Waals surface area contributed by atoms with Crippen LogP contribution in [0.5, 0.6) is 0 Å². The molecular formula is C21H32N4O2. The standard InChI is InChI=1S/C21H32N4O2/c1-5-25-19-17(7-6-12-22-19)23-20(25)18(13-14(2)3)24-21(26)15-8-10-16(27-4)11-9-15/h6-7,12,14-16,18H,5,8-11,13H2,1-4H3,(H,24,26)/t15?,16?,18-/m1/s1. The van der Waals surface area contributed by atoms with Gasteiger partial charge in [-0.25, -0.2) is 9.97 Å². The highest BCUT2D eigenvalue weighted by Crippen LogP contribution is 2.29. The van der Waals surface area contributed by atoms with Gasteiger partial charge in [0.1, 0.15) is 11.3 Å². The van der Waals surface area contributed by atoms with E-state index in [1.54, 1.807) is 13.3 Å². The highest BCUT2D eigenvalue weighted by Gasteiger charge is 2.29. The van der Waals surface area contributed by atoms with Crippen LogP contribution in [0.25, 0.3) is 11.2 Å². The fourth-order valence-electron chi connectivity index (χ4n) is 4.10. The van der Waals surface area contributed by atoms with Crippen molar-refractivity contribution in [2.45, 2.75) is 71.6 Å². The Morgan fingerprint density at radius 2 is 2.07 bits per heavy atom. The Hall–Kier alpha value is -1.95. The first-order valence-electron chi connectivity index (χ1n) is 10.2. The molecule has 3 rings (SSSR count). The molecule has 2 aromatic rings. The van der Waals surface area contributed by atoms with Crippen molar-refractivity contribution >= 4 is 17.1 Å². The van der Waals surface area contributed by atoms with Crippen LogP contribution in [-0.4, -0.2) is 33.7 Å². The van der Waals surface area contributed by atoms with Gasteiger partial charge in [0.25, 0.3) is 0 Å². The third-order valence-electron chi connectivity index (χ3n) is 5.56. The fourth-order valence-corrected chi connectivity index (χ4v) is 4.10. The molecule has 0 saturated heterocycles. The van der Waals surface area contributed by atoms with Crippen molar-refractivity contribution in [2.24, 2.45) is 11.8 Å². The lowest BCUT2D eigenvalue weighted by atomic mass is 9.86. The fraction of sp³-hybridized carbons (Fsp3) is 0.667. The number of rotatable bonds is 7. The number of carbonyl (C=O) groups is 1. The summed E-state index contributed by atoms with van der Waals surface area (Å²) in [5.41, 5.74) is 1.77. The SMILES string of the molecule is CCn1c([C@@H](CC(C)C)NC(=O)C2CCC(OC)CC2)nc2cccnc21. The van der Waals surface area contributed by atoms with Crippen LogP contribution in [0.15, 0.2) is 18.3 Å². The van der Waals surface area contributed by atoms with Gasteiger partial charge in [0, 0.05) is 25.8 Å². The average Bonchev–Trinajstić information content (AvgIpc) is 3.05. The number of imidazole rings is 1. The minimum Gasteiger partial charge on any atom is -0.381 e. The minimum absolute atomic E-state index is 0.0728. The number of aryl methyl sites for hydroxylation is 1. The Morgan fingerprint density at radius 3 is 2.70 bits per heavy atom. The number of hydrogen-bond donors (Lipinski definition) is 1. The Bertz CT molecular complexity index is 763. The number of methoxy groups -OCH3 is 1.